The molecule has 0 spiro atoms. The zero-order valence-electron chi connectivity index (χ0n) is 28.0. The molecular formula is C38H57NO4. The lowest BCUT2D eigenvalue weighted by molar-refractivity contribution is -0.117. The van der Waals surface area contributed by atoms with Crippen LogP contribution in [-0.2, 0) is 4.79 Å². The van der Waals surface area contributed by atoms with E-state index in [0.717, 1.165) is 55.4 Å². The zero-order chi connectivity index (χ0) is 32.3. The maximum atomic E-state index is 12.4. The van der Waals surface area contributed by atoms with Crippen LogP contribution < -0.4 is 14.8 Å². The molecule has 5 heteroatoms. The van der Waals surface area contributed by atoms with Crippen molar-refractivity contribution in [3.8, 4) is 11.5 Å². The van der Waals surface area contributed by atoms with Crippen LogP contribution in [0.3, 0.4) is 0 Å². The normalized spacial score (nSPS) is 10.6. The molecule has 2 aromatic carbocycles. The summed E-state index contributed by atoms with van der Waals surface area (Å²) >= 11 is 0. The summed E-state index contributed by atoms with van der Waals surface area (Å²) in [6.45, 7) is 19.1. The third-order valence-corrected chi connectivity index (χ3v) is 6.45. The Balaban J connectivity index is 0.00000227. The first-order valence-corrected chi connectivity index (χ1v) is 16.1. The molecule has 2 aromatic rings. The van der Waals surface area contributed by atoms with E-state index in [9.17, 15) is 9.59 Å². The Kier molecular flexibility index (Phi) is 23.9. The van der Waals surface area contributed by atoms with Crippen molar-refractivity contribution < 1.29 is 19.1 Å². The van der Waals surface area contributed by atoms with Gasteiger partial charge in [-0.3, -0.25) is 4.79 Å². The summed E-state index contributed by atoms with van der Waals surface area (Å²) in [4.78, 5) is 24.5. The number of allylic oxidation sites excluding steroid dienone is 3. The molecule has 1 N–H and O–H groups in total. The molecule has 0 unspecified atom stereocenters. The number of benzene rings is 2. The minimum absolute atomic E-state index is 0.0414. The van der Waals surface area contributed by atoms with Gasteiger partial charge in [-0.1, -0.05) is 115 Å². The van der Waals surface area contributed by atoms with Crippen molar-refractivity contribution >= 4 is 11.9 Å². The highest BCUT2D eigenvalue weighted by Crippen LogP contribution is 2.20. The Morgan fingerprint density at radius 3 is 2.00 bits per heavy atom. The summed E-state index contributed by atoms with van der Waals surface area (Å²) in [5.74, 6) is 0.867. The number of carbonyl (C=O) groups excluding carboxylic acids is 2. The predicted molar refractivity (Wildman–Crippen MR) is 183 cm³/mol. The van der Waals surface area contributed by atoms with Crippen LogP contribution in [0.2, 0.25) is 0 Å². The molecule has 0 aliphatic heterocycles. The molecule has 238 valence electrons. The number of ether oxygens (including phenoxy) is 2. The summed E-state index contributed by atoms with van der Waals surface area (Å²) in [5.41, 5.74) is 3.25. The van der Waals surface area contributed by atoms with Gasteiger partial charge in [0, 0.05) is 12.1 Å². The first-order valence-electron chi connectivity index (χ1n) is 16.1. The van der Waals surface area contributed by atoms with Crippen LogP contribution >= 0.6 is 0 Å². The van der Waals surface area contributed by atoms with Gasteiger partial charge in [-0.2, -0.15) is 0 Å². The largest absolute Gasteiger partial charge is 0.494 e. The summed E-state index contributed by atoms with van der Waals surface area (Å²) in [6.07, 6.45) is 17.5. The van der Waals surface area contributed by atoms with Gasteiger partial charge in [0.25, 0.3) is 5.91 Å². The van der Waals surface area contributed by atoms with E-state index in [1.54, 1.807) is 42.5 Å². The Bertz CT molecular complexity index is 1100. The number of unbranched alkanes of at least 4 members (excludes halogenated alkanes) is 7. The third kappa shape index (κ3) is 18.5. The van der Waals surface area contributed by atoms with Crippen LogP contribution in [0.4, 0.5) is 0 Å². The first kappa shape index (κ1) is 39.4. The second-order valence-corrected chi connectivity index (χ2v) is 10.1. The Hall–Kier alpha value is -3.60. The molecule has 0 radical (unpaired) electrons. The average Bonchev–Trinajstić information content (AvgIpc) is 3.01. The summed E-state index contributed by atoms with van der Waals surface area (Å²) in [5, 5.41) is 2.96. The molecule has 0 atom stereocenters. The Labute approximate surface area is 262 Å². The number of amides is 1. The molecule has 0 saturated carbocycles. The smallest absolute Gasteiger partial charge is 0.343 e. The van der Waals surface area contributed by atoms with Gasteiger partial charge < -0.3 is 14.8 Å². The van der Waals surface area contributed by atoms with E-state index in [2.05, 4.69) is 25.7 Å². The van der Waals surface area contributed by atoms with Crippen molar-refractivity contribution in [1.29, 1.82) is 0 Å². The molecule has 0 aromatic heterocycles. The van der Waals surface area contributed by atoms with Crippen LogP contribution in [0.1, 0.15) is 114 Å². The molecule has 0 aliphatic rings. The third-order valence-electron chi connectivity index (χ3n) is 6.45. The number of esters is 1. The molecular weight excluding hydrogens is 534 g/mol. The number of hydrogen-bond donors (Lipinski definition) is 1. The second kappa shape index (κ2) is 26.1. The first-order chi connectivity index (χ1) is 20.9. The highest BCUT2D eigenvalue weighted by molar-refractivity contribution is 5.96. The number of carbonyl (C=O) groups is 2. The number of hydrogen-bond acceptors (Lipinski definition) is 4. The van der Waals surface area contributed by atoms with E-state index in [4.69, 9.17) is 9.47 Å². The van der Waals surface area contributed by atoms with E-state index >= 15 is 0 Å². The van der Waals surface area contributed by atoms with E-state index in [1.807, 2.05) is 58.9 Å². The molecule has 5 nitrogen and oxygen atoms in total. The molecule has 2 rings (SSSR count). The van der Waals surface area contributed by atoms with Crippen LogP contribution in [0.25, 0.3) is 0 Å². The zero-order valence-corrected chi connectivity index (χ0v) is 28.0. The average molecular weight is 592 g/mol. The molecule has 43 heavy (non-hydrogen) atoms. The lowest BCUT2D eigenvalue weighted by Gasteiger charge is -2.09. The minimum atomic E-state index is -0.355. The maximum Gasteiger partial charge on any atom is 0.343 e. The van der Waals surface area contributed by atoms with E-state index in [1.165, 1.54) is 19.3 Å². The topological polar surface area (TPSA) is 64.6 Å². The SMILES string of the molecule is C=C/C=C\C(=C/C)C(=O)NCCCCCCCCOc1ccc(OC(=O)c2ccc(C)cc2C)cc1.CC.CCCCC. The van der Waals surface area contributed by atoms with Gasteiger partial charge >= 0.3 is 5.97 Å². The van der Waals surface area contributed by atoms with Gasteiger partial charge in [-0.25, -0.2) is 4.79 Å². The van der Waals surface area contributed by atoms with Crippen LogP contribution in [0.15, 0.2) is 78.9 Å². The lowest BCUT2D eigenvalue weighted by Crippen LogP contribution is -2.25. The standard InChI is InChI=1S/C31H39NO4.C5H12.C2H6/c1-5-7-14-26(6-2)30(33)32-21-12-10-8-9-11-13-22-35-27-16-18-28(19-17-27)36-31(34)29-20-15-24(3)23-25(29)4;1-3-5-4-2;1-2/h5-7,14-20,23H,1,8-13,21-22H2,2-4H3,(H,32,33);3-5H2,1-2H3;1-2H3/b14-7-,26-6+;;. The quantitative estimate of drug-likeness (QED) is 0.0653. The van der Waals surface area contributed by atoms with Crippen molar-refractivity contribution in [3.63, 3.8) is 0 Å². The van der Waals surface area contributed by atoms with E-state index in [-0.39, 0.29) is 11.9 Å². The highest BCUT2D eigenvalue weighted by atomic mass is 16.5. The molecule has 1 amide bonds. The van der Waals surface area contributed by atoms with E-state index < -0.39 is 0 Å². The van der Waals surface area contributed by atoms with Crippen molar-refractivity contribution in [2.75, 3.05) is 13.2 Å². The van der Waals surface area contributed by atoms with Crippen LogP contribution in [0, 0.1) is 13.8 Å². The van der Waals surface area contributed by atoms with Gasteiger partial charge in [0.15, 0.2) is 0 Å². The van der Waals surface area contributed by atoms with Crippen molar-refractivity contribution in [2.24, 2.45) is 0 Å². The summed E-state index contributed by atoms with van der Waals surface area (Å²) in [7, 11) is 0. The van der Waals surface area contributed by atoms with Gasteiger partial charge in [0.2, 0.25) is 0 Å². The predicted octanol–water partition coefficient (Wildman–Crippen LogP) is 10.3. The molecule has 0 heterocycles. The monoisotopic (exact) mass is 591 g/mol. The van der Waals surface area contributed by atoms with Gasteiger partial charge in [-0.15, -0.1) is 0 Å². The fourth-order valence-corrected chi connectivity index (χ4v) is 4.06. The second-order valence-electron chi connectivity index (χ2n) is 10.1. The number of nitrogens with one attached hydrogen (secondary N) is 1. The van der Waals surface area contributed by atoms with Gasteiger partial charge in [0.05, 0.1) is 12.2 Å². The van der Waals surface area contributed by atoms with Crippen LogP contribution in [0.5, 0.6) is 11.5 Å². The number of aryl methyl sites for hydroxylation is 2. The fourth-order valence-electron chi connectivity index (χ4n) is 4.06. The Morgan fingerprint density at radius 1 is 0.837 bits per heavy atom. The summed E-state index contributed by atoms with van der Waals surface area (Å²) < 4.78 is 11.3. The fraction of sp³-hybridized carbons (Fsp3) is 0.474. The summed E-state index contributed by atoms with van der Waals surface area (Å²) in [6, 6.07) is 12.8. The maximum absolute atomic E-state index is 12.4. The number of rotatable bonds is 17. The molecule has 0 saturated heterocycles. The van der Waals surface area contributed by atoms with E-state index in [0.29, 0.717) is 30.0 Å². The van der Waals surface area contributed by atoms with Crippen LogP contribution in [-0.4, -0.2) is 25.0 Å². The Morgan fingerprint density at radius 2 is 1.44 bits per heavy atom. The molecule has 0 aliphatic carbocycles. The highest BCUT2D eigenvalue weighted by Gasteiger charge is 2.11. The lowest BCUT2D eigenvalue weighted by atomic mass is 10.1. The van der Waals surface area contributed by atoms with Crippen molar-refractivity contribution in [1.82, 2.24) is 5.32 Å². The minimum Gasteiger partial charge on any atom is -0.494 e. The van der Waals surface area contributed by atoms with Crippen molar-refractivity contribution in [2.45, 2.75) is 106 Å². The molecule has 0 bridgehead atoms. The molecule has 0 fully saturated rings. The van der Waals surface area contributed by atoms with Gasteiger partial charge in [-0.05, 0) is 75.6 Å². The van der Waals surface area contributed by atoms with Crippen molar-refractivity contribution in [3.05, 3.63) is 95.6 Å². The van der Waals surface area contributed by atoms with Gasteiger partial charge in [0.1, 0.15) is 11.5 Å².